The summed E-state index contributed by atoms with van der Waals surface area (Å²) >= 11 is 0. The minimum absolute atomic E-state index is 0.0269. The van der Waals surface area contributed by atoms with Crippen LogP contribution in [0.3, 0.4) is 0 Å². The minimum atomic E-state index is -3.46. The standard InChI is InChI=1S/C21H23FN4O3S/c1-2-10-30(27,28)12-16-17(23)5-7-19(20(16)22)29-14-4-6-18-15(11-14)21-24-8-3-9-26(21)13-25-18/h4-7,11,13H,2-3,8-10,12,23H2,1H3. The van der Waals surface area contributed by atoms with Gasteiger partial charge in [0.2, 0.25) is 0 Å². The van der Waals surface area contributed by atoms with Gasteiger partial charge in [0.1, 0.15) is 11.6 Å². The van der Waals surface area contributed by atoms with E-state index in [1.807, 2.05) is 4.90 Å². The van der Waals surface area contributed by atoms with Gasteiger partial charge in [-0.25, -0.2) is 17.8 Å². The van der Waals surface area contributed by atoms with Gasteiger partial charge in [-0.1, -0.05) is 6.92 Å². The van der Waals surface area contributed by atoms with Crippen LogP contribution in [-0.2, 0) is 15.6 Å². The second-order valence-corrected chi connectivity index (χ2v) is 9.50. The molecule has 30 heavy (non-hydrogen) atoms. The average Bonchev–Trinajstić information content (AvgIpc) is 2.73. The molecule has 9 heteroatoms. The average molecular weight is 431 g/mol. The number of anilines is 1. The lowest BCUT2D eigenvalue weighted by molar-refractivity contribution is 0.439. The maximum atomic E-state index is 15.1. The number of nitrogen functional groups attached to an aromatic ring is 1. The Morgan fingerprint density at radius 1 is 1.27 bits per heavy atom. The summed E-state index contributed by atoms with van der Waals surface area (Å²) in [6.07, 6.45) is 3.18. The van der Waals surface area contributed by atoms with Crippen molar-refractivity contribution in [2.45, 2.75) is 25.5 Å². The largest absolute Gasteiger partial charge is 0.454 e. The Bertz CT molecular complexity index is 1150. The lowest BCUT2D eigenvalue weighted by atomic mass is 10.1. The smallest absolute Gasteiger partial charge is 0.171 e. The Balaban J connectivity index is 1.65. The van der Waals surface area contributed by atoms with E-state index in [1.165, 1.54) is 12.1 Å². The lowest BCUT2D eigenvalue weighted by Crippen LogP contribution is -2.36. The molecule has 2 aromatic rings. The third kappa shape index (κ3) is 4.02. The van der Waals surface area contributed by atoms with Gasteiger partial charge in [0.05, 0.1) is 23.5 Å². The molecule has 2 N–H and O–H groups in total. The zero-order valence-electron chi connectivity index (χ0n) is 16.6. The summed E-state index contributed by atoms with van der Waals surface area (Å²) in [6, 6.07) is 8.12. The predicted octanol–water partition coefficient (Wildman–Crippen LogP) is 3.65. The minimum Gasteiger partial charge on any atom is -0.454 e. The van der Waals surface area contributed by atoms with Crippen LogP contribution in [0, 0.1) is 5.82 Å². The van der Waals surface area contributed by atoms with E-state index in [0.29, 0.717) is 12.2 Å². The number of amidine groups is 1. The first-order valence-corrected chi connectivity index (χ1v) is 11.6. The van der Waals surface area contributed by atoms with Crippen molar-refractivity contribution in [3.05, 3.63) is 47.3 Å². The fourth-order valence-electron chi connectivity index (χ4n) is 3.55. The highest BCUT2D eigenvalue weighted by Crippen LogP contribution is 2.34. The van der Waals surface area contributed by atoms with E-state index >= 15 is 4.39 Å². The molecule has 0 saturated carbocycles. The zero-order chi connectivity index (χ0) is 21.3. The molecular weight excluding hydrogens is 407 g/mol. The number of aliphatic imine (C=N–C) groups is 2. The Labute approximate surface area is 175 Å². The number of halogens is 1. The molecule has 0 radical (unpaired) electrons. The van der Waals surface area contributed by atoms with E-state index in [-0.39, 0.29) is 22.8 Å². The van der Waals surface area contributed by atoms with Gasteiger partial charge < -0.3 is 15.4 Å². The molecule has 2 aliphatic rings. The van der Waals surface area contributed by atoms with Gasteiger partial charge in [-0.15, -0.1) is 0 Å². The number of benzene rings is 2. The van der Waals surface area contributed by atoms with Crippen LogP contribution in [0.1, 0.15) is 30.9 Å². The monoisotopic (exact) mass is 430 g/mol. The van der Waals surface area contributed by atoms with E-state index < -0.39 is 21.4 Å². The van der Waals surface area contributed by atoms with E-state index in [0.717, 1.165) is 36.6 Å². The van der Waals surface area contributed by atoms with Gasteiger partial charge in [-0.2, -0.15) is 0 Å². The lowest BCUT2D eigenvalue weighted by Gasteiger charge is -2.29. The number of ether oxygens (including phenoxy) is 1. The van der Waals surface area contributed by atoms with Crippen molar-refractivity contribution in [1.82, 2.24) is 4.90 Å². The summed E-state index contributed by atoms with van der Waals surface area (Å²) < 4.78 is 45.2. The maximum Gasteiger partial charge on any atom is 0.171 e. The van der Waals surface area contributed by atoms with Crippen LogP contribution in [0.25, 0.3) is 0 Å². The predicted molar refractivity (Wildman–Crippen MR) is 116 cm³/mol. The molecule has 4 rings (SSSR count). The molecule has 2 aromatic carbocycles. The number of fused-ring (bicyclic) bond motifs is 3. The van der Waals surface area contributed by atoms with Crippen LogP contribution in [0.4, 0.5) is 15.8 Å². The Morgan fingerprint density at radius 2 is 2.10 bits per heavy atom. The fourth-order valence-corrected chi connectivity index (χ4v) is 5.05. The van der Waals surface area contributed by atoms with Gasteiger partial charge in [0.25, 0.3) is 0 Å². The van der Waals surface area contributed by atoms with Crippen molar-refractivity contribution >= 4 is 33.4 Å². The maximum absolute atomic E-state index is 15.1. The molecular formula is C21H23FN4O3S. The van der Waals surface area contributed by atoms with Crippen LogP contribution in [0.2, 0.25) is 0 Å². The van der Waals surface area contributed by atoms with Crippen molar-refractivity contribution in [1.29, 1.82) is 0 Å². The molecule has 0 bridgehead atoms. The number of sulfone groups is 1. The quantitative estimate of drug-likeness (QED) is 0.706. The number of rotatable bonds is 6. The molecule has 7 nitrogen and oxygen atoms in total. The first kappa shape index (κ1) is 20.3. The number of nitrogens with two attached hydrogens (primary N) is 1. The second kappa shape index (κ2) is 8.06. The van der Waals surface area contributed by atoms with Crippen molar-refractivity contribution in [3.63, 3.8) is 0 Å². The summed E-state index contributed by atoms with van der Waals surface area (Å²) in [5, 5.41) is 0. The Kier molecular flexibility index (Phi) is 5.46. The molecule has 0 atom stereocenters. The van der Waals surface area contributed by atoms with E-state index in [2.05, 4.69) is 9.98 Å². The molecule has 0 spiro atoms. The third-order valence-corrected chi connectivity index (χ3v) is 6.75. The summed E-state index contributed by atoms with van der Waals surface area (Å²) in [5.41, 5.74) is 7.46. The fraction of sp³-hybridized carbons (Fsp3) is 0.333. The van der Waals surface area contributed by atoms with Gasteiger partial charge >= 0.3 is 0 Å². The van der Waals surface area contributed by atoms with Gasteiger partial charge in [0.15, 0.2) is 21.4 Å². The first-order valence-electron chi connectivity index (χ1n) is 9.83. The van der Waals surface area contributed by atoms with E-state index in [4.69, 9.17) is 10.5 Å². The van der Waals surface area contributed by atoms with Crippen LogP contribution < -0.4 is 10.5 Å². The SMILES string of the molecule is CCCS(=O)(=O)Cc1c(N)ccc(Oc2ccc3c(c2)C2=NCCCN2C=N3)c1F. The molecule has 158 valence electrons. The van der Waals surface area contributed by atoms with Gasteiger partial charge in [-0.05, 0) is 43.2 Å². The van der Waals surface area contributed by atoms with Crippen molar-refractivity contribution in [2.24, 2.45) is 9.98 Å². The molecule has 0 unspecified atom stereocenters. The molecule has 0 amide bonds. The van der Waals surface area contributed by atoms with Crippen molar-refractivity contribution in [3.8, 4) is 11.5 Å². The molecule has 0 aliphatic carbocycles. The van der Waals surface area contributed by atoms with Crippen LogP contribution in [-0.4, -0.2) is 44.3 Å². The highest BCUT2D eigenvalue weighted by Gasteiger charge is 2.24. The van der Waals surface area contributed by atoms with Crippen LogP contribution >= 0.6 is 0 Å². The molecule has 2 aliphatic heterocycles. The number of hydrogen-bond donors (Lipinski definition) is 1. The topological polar surface area (TPSA) is 97.3 Å². The summed E-state index contributed by atoms with van der Waals surface area (Å²) in [6.45, 7) is 3.34. The second-order valence-electron chi connectivity index (χ2n) is 7.32. The number of nitrogens with zero attached hydrogens (tertiary/aromatic N) is 3. The highest BCUT2D eigenvalue weighted by atomic mass is 32.2. The molecule has 2 heterocycles. The van der Waals surface area contributed by atoms with Gasteiger partial charge in [0, 0.05) is 29.9 Å². The summed E-state index contributed by atoms with van der Waals surface area (Å²) in [4.78, 5) is 11.0. The Morgan fingerprint density at radius 3 is 2.90 bits per heavy atom. The van der Waals surface area contributed by atoms with E-state index in [9.17, 15) is 8.42 Å². The van der Waals surface area contributed by atoms with E-state index in [1.54, 1.807) is 31.5 Å². The van der Waals surface area contributed by atoms with Gasteiger partial charge in [-0.3, -0.25) is 4.99 Å². The number of hydrogen-bond acceptors (Lipinski definition) is 7. The van der Waals surface area contributed by atoms with Crippen molar-refractivity contribution in [2.75, 3.05) is 24.6 Å². The van der Waals surface area contributed by atoms with Crippen molar-refractivity contribution < 1.29 is 17.5 Å². The third-order valence-electron chi connectivity index (χ3n) is 4.99. The summed E-state index contributed by atoms with van der Waals surface area (Å²) in [5.74, 6) is -0.0954. The molecule has 0 saturated heterocycles. The molecule has 0 fully saturated rings. The zero-order valence-corrected chi connectivity index (χ0v) is 17.5. The van der Waals surface area contributed by atoms with Crippen LogP contribution in [0.15, 0.2) is 40.3 Å². The molecule has 0 aromatic heterocycles. The highest BCUT2D eigenvalue weighted by molar-refractivity contribution is 7.90. The van der Waals surface area contributed by atoms with Crippen LogP contribution in [0.5, 0.6) is 11.5 Å². The summed E-state index contributed by atoms with van der Waals surface area (Å²) in [7, 11) is -3.46. The Hall–Kier alpha value is -2.94. The first-order chi connectivity index (χ1) is 14.4. The normalized spacial score (nSPS) is 15.4.